The molecule has 5 nitrogen and oxygen atoms in total. The van der Waals surface area contributed by atoms with Crippen LogP contribution in [0.1, 0.15) is 40.0 Å². The molecule has 94 valence electrons. The molecule has 1 unspecified atom stereocenters. The molecular weight excluding hydrogens is 210 g/mol. The summed E-state index contributed by atoms with van der Waals surface area (Å²) in [5.41, 5.74) is -0.540. The first-order valence-corrected chi connectivity index (χ1v) is 5.70. The molecule has 1 amide bonds. The molecule has 1 saturated heterocycles. The molecule has 0 aliphatic carbocycles. The average molecular weight is 231 g/mol. The Labute approximate surface area is 96.3 Å². The second-order valence-electron chi connectivity index (χ2n) is 4.97. The molecule has 0 bridgehead atoms. The number of aliphatic hydroxyl groups is 1. The first-order valence-electron chi connectivity index (χ1n) is 5.70. The van der Waals surface area contributed by atoms with Crippen LogP contribution in [0.2, 0.25) is 0 Å². The van der Waals surface area contributed by atoms with Crippen LogP contribution in [-0.4, -0.2) is 41.3 Å². The summed E-state index contributed by atoms with van der Waals surface area (Å²) in [6.45, 7) is 5.25. The Balaban J connectivity index is 2.32. The number of ether oxygens (including phenoxy) is 2. The highest BCUT2D eigenvalue weighted by molar-refractivity contribution is 5.67. The molecule has 0 aromatic carbocycles. The maximum atomic E-state index is 11.6. The number of hydrogen-bond acceptors (Lipinski definition) is 4. The SMILES string of the molecule is CC(C)(C)OC(O)OC(=O)N1CCCCC1. The molecule has 1 N–H and O–H groups in total. The summed E-state index contributed by atoms with van der Waals surface area (Å²) in [5, 5.41) is 9.39. The zero-order valence-electron chi connectivity index (χ0n) is 10.2. The first-order chi connectivity index (χ1) is 7.38. The van der Waals surface area contributed by atoms with Gasteiger partial charge in [0.2, 0.25) is 0 Å². The second-order valence-corrected chi connectivity index (χ2v) is 4.97. The zero-order chi connectivity index (χ0) is 12.2. The van der Waals surface area contributed by atoms with Gasteiger partial charge in [0.15, 0.2) is 0 Å². The number of likely N-dealkylation sites (tertiary alicyclic amines) is 1. The van der Waals surface area contributed by atoms with Crippen molar-refractivity contribution in [2.75, 3.05) is 13.1 Å². The monoisotopic (exact) mass is 231 g/mol. The van der Waals surface area contributed by atoms with Gasteiger partial charge in [0.1, 0.15) is 0 Å². The lowest BCUT2D eigenvalue weighted by Crippen LogP contribution is -2.40. The van der Waals surface area contributed by atoms with E-state index in [1.165, 1.54) is 0 Å². The number of carbonyl (C=O) groups is 1. The van der Waals surface area contributed by atoms with Crippen LogP contribution in [0.3, 0.4) is 0 Å². The maximum absolute atomic E-state index is 11.6. The highest BCUT2D eigenvalue weighted by Gasteiger charge is 2.24. The lowest BCUT2D eigenvalue weighted by Gasteiger charge is -2.28. The third kappa shape index (κ3) is 4.81. The standard InChI is InChI=1S/C11H21NO4/c1-11(2,3)16-10(14)15-9(13)12-7-5-4-6-8-12/h10,14H,4-8H2,1-3H3. The van der Waals surface area contributed by atoms with Crippen molar-refractivity contribution in [3.05, 3.63) is 0 Å². The quantitative estimate of drug-likeness (QED) is 0.735. The van der Waals surface area contributed by atoms with E-state index in [0.29, 0.717) is 13.1 Å². The van der Waals surface area contributed by atoms with Gasteiger partial charge in [0.25, 0.3) is 0 Å². The highest BCUT2D eigenvalue weighted by atomic mass is 16.8. The number of rotatable bonds is 2. The molecule has 1 heterocycles. The third-order valence-corrected chi connectivity index (χ3v) is 2.27. The van der Waals surface area contributed by atoms with Crippen LogP contribution in [0.5, 0.6) is 0 Å². The minimum absolute atomic E-state index is 0.503. The van der Waals surface area contributed by atoms with Crippen molar-refractivity contribution in [1.29, 1.82) is 0 Å². The van der Waals surface area contributed by atoms with E-state index in [9.17, 15) is 9.90 Å². The van der Waals surface area contributed by atoms with Crippen molar-refractivity contribution in [2.24, 2.45) is 0 Å². The van der Waals surface area contributed by atoms with Gasteiger partial charge in [-0.25, -0.2) is 4.79 Å². The number of aliphatic hydroxyl groups excluding tert-OH is 1. The van der Waals surface area contributed by atoms with Gasteiger partial charge in [-0.15, -0.1) is 0 Å². The Morgan fingerprint density at radius 2 is 1.81 bits per heavy atom. The molecule has 16 heavy (non-hydrogen) atoms. The van der Waals surface area contributed by atoms with Crippen molar-refractivity contribution in [1.82, 2.24) is 4.90 Å². The van der Waals surface area contributed by atoms with Crippen LogP contribution in [0.25, 0.3) is 0 Å². The fraction of sp³-hybridized carbons (Fsp3) is 0.909. The molecule has 0 saturated carbocycles. The Morgan fingerprint density at radius 3 is 2.31 bits per heavy atom. The van der Waals surface area contributed by atoms with Gasteiger partial charge >= 0.3 is 12.6 Å². The van der Waals surface area contributed by atoms with Gasteiger partial charge in [-0.2, -0.15) is 0 Å². The number of nitrogens with zero attached hydrogens (tertiary/aromatic N) is 1. The average Bonchev–Trinajstić information content (AvgIpc) is 2.16. The van der Waals surface area contributed by atoms with Crippen LogP contribution in [0, 0.1) is 0 Å². The molecule has 1 fully saturated rings. The van der Waals surface area contributed by atoms with Crippen LogP contribution in [0.15, 0.2) is 0 Å². The van der Waals surface area contributed by atoms with Crippen molar-refractivity contribution in [3.8, 4) is 0 Å². The number of piperidine rings is 1. The van der Waals surface area contributed by atoms with E-state index in [1.807, 2.05) is 0 Å². The topological polar surface area (TPSA) is 59.0 Å². The van der Waals surface area contributed by atoms with Crippen LogP contribution >= 0.6 is 0 Å². The fourth-order valence-corrected chi connectivity index (χ4v) is 1.56. The highest BCUT2D eigenvalue weighted by Crippen LogP contribution is 2.13. The normalized spacial score (nSPS) is 19.4. The van der Waals surface area contributed by atoms with Gasteiger partial charge in [0.05, 0.1) is 5.60 Å². The second kappa shape index (κ2) is 5.50. The largest absolute Gasteiger partial charge is 0.413 e. The van der Waals surface area contributed by atoms with Crippen LogP contribution in [0.4, 0.5) is 4.79 Å². The lowest BCUT2D eigenvalue weighted by molar-refractivity contribution is -0.275. The summed E-state index contributed by atoms with van der Waals surface area (Å²) in [5.74, 6) is 0. The van der Waals surface area contributed by atoms with Crippen molar-refractivity contribution in [3.63, 3.8) is 0 Å². The molecule has 0 aromatic heterocycles. The molecule has 5 heteroatoms. The van der Waals surface area contributed by atoms with E-state index >= 15 is 0 Å². The fourth-order valence-electron chi connectivity index (χ4n) is 1.56. The number of hydrogen-bond donors (Lipinski definition) is 1. The molecule has 1 atom stereocenters. The third-order valence-electron chi connectivity index (χ3n) is 2.27. The Hall–Kier alpha value is -0.810. The zero-order valence-corrected chi connectivity index (χ0v) is 10.2. The maximum Gasteiger partial charge on any atom is 0.413 e. The van der Waals surface area contributed by atoms with Crippen molar-refractivity contribution < 1.29 is 19.4 Å². The molecule has 1 aliphatic rings. The summed E-state index contributed by atoms with van der Waals surface area (Å²) < 4.78 is 9.87. The van der Waals surface area contributed by atoms with Crippen molar-refractivity contribution in [2.45, 2.75) is 52.1 Å². The van der Waals surface area contributed by atoms with Gasteiger partial charge in [0, 0.05) is 13.1 Å². The summed E-state index contributed by atoms with van der Waals surface area (Å²) in [7, 11) is 0. The van der Waals surface area contributed by atoms with Crippen LogP contribution < -0.4 is 0 Å². The van der Waals surface area contributed by atoms with E-state index < -0.39 is 18.2 Å². The predicted octanol–water partition coefficient (Wildman–Crippen LogP) is 1.70. The van der Waals surface area contributed by atoms with E-state index in [0.717, 1.165) is 19.3 Å². The molecule has 1 aliphatic heterocycles. The lowest BCUT2D eigenvalue weighted by atomic mass is 10.1. The predicted molar refractivity (Wildman–Crippen MR) is 58.7 cm³/mol. The Bertz CT molecular complexity index is 231. The molecule has 0 radical (unpaired) electrons. The summed E-state index contributed by atoms with van der Waals surface area (Å²) in [6.07, 6.45) is 2.62. The van der Waals surface area contributed by atoms with Gasteiger partial charge < -0.3 is 19.5 Å². The summed E-state index contributed by atoms with van der Waals surface area (Å²) >= 11 is 0. The Kier molecular flexibility index (Phi) is 4.56. The summed E-state index contributed by atoms with van der Waals surface area (Å²) in [4.78, 5) is 13.2. The molecular formula is C11H21NO4. The molecule has 1 rings (SSSR count). The van der Waals surface area contributed by atoms with Crippen molar-refractivity contribution >= 4 is 6.09 Å². The smallest absolute Gasteiger partial charge is 0.394 e. The molecule has 0 aromatic rings. The first kappa shape index (κ1) is 13.3. The van der Waals surface area contributed by atoms with E-state index in [-0.39, 0.29) is 0 Å². The van der Waals surface area contributed by atoms with E-state index in [2.05, 4.69) is 0 Å². The van der Waals surface area contributed by atoms with Gasteiger partial charge in [-0.05, 0) is 40.0 Å². The molecule has 0 spiro atoms. The minimum atomic E-state index is -1.49. The van der Waals surface area contributed by atoms with E-state index in [1.54, 1.807) is 25.7 Å². The van der Waals surface area contributed by atoms with Gasteiger partial charge in [-0.3, -0.25) is 0 Å². The summed E-state index contributed by atoms with van der Waals surface area (Å²) in [6, 6.07) is 0. The van der Waals surface area contributed by atoms with Crippen LogP contribution in [-0.2, 0) is 9.47 Å². The van der Waals surface area contributed by atoms with Gasteiger partial charge in [-0.1, -0.05) is 0 Å². The number of carbonyl (C=O) groups excluding carboxylic acids is 1. The minimum Gasteiger partial charge on any atom is -0.394 e. The Morgan fingerprint density at radius 1 is 1.25 bits per heavy atom. The van der Waals surface area contributed by atoms with E-state index in [4.69, 9.17) is 9.47 Å². The number of amides is 1.